The monoisotopic (exact) mass is 223 g/mol. The quantitative estimate of drug-likeness (QED) is 0.726. The summed E-state index contributed by atoms with van der Waals surface area (Å²) in [6.45, 7) is 2.15. The minimum Gasteiger partial charge on any atom is -0.192 e. The molecule has 0 aromatic heterocycles. The highest BCUT2D eigenvalue weighted by Crippen LogP contribution is 2.29. The van der Waals surface area contributed by atoms with Crippen LogP contribution in [-0.4, -0.2) is 12.0 Å². The number of nitriles is 1. The van der Waals surface area contributed by atoms with Crippen LogP contribution in [0.2, 0.25) is 0 Å². The number of hydrogen-bond acceptors (Lipinski definition) is 3. The van der Waals surface area contributed by atoms with Crippen molar-refractivity contribution in [3.63, 3.8) is 0 Å². The lowest BCUT2D eigenvalue weighted by molar-refractivity contribution is 1.10. The van der Waals surface area contributed by atoms with Crippen molar-refractivity contribution in [3.8, 4) is 6.07 Å². The Morgan fingerprint density at radius 3 is 2.64 bits per heavy atom. The third-order valence-electron chi connectivity index (χ3n) is 1.78. The molecule has 0 atom stereocenters. The normalized spacial score (nSPS) is 9.79. The van der Waals surface area contributed by atoms with Crippen molar-refractivity contribution in [3.05, 3.63) is 23.8 Å². The van der Waals surface area contributed by atoms with E-state index in [1.807, 2.05) is 24.5 Å². The Morgan fingerprint density at radius 1 is 1.36 bits per heavy atom. The minimum absolute atomic E-state index is 0.832. The Balaban J connectivity index is 2.98. The second kappa shape index (κ2) is 6.00. The van der Waals surface area contributed by atoms with Crippen LogP contribution >= 0.6 is 23.5 Å². The van der Waals surface area contributed by atoms with Crippen LogP contribution in [0, 0.1) is 11.3 Å². The molecule has 0 unspecified atom stereocenters. The van der Waals surface area contributed by atoms with E-state index < -0.39 is 0 Å². The maximum atomic E-state index is 9.05. The van der Waals surface area contributed by atoms with Crippen molar-refractivity contribution in [2.24, 2.45) is 0 Å². The van der Waals surface area contributed by atoms with Gasteiger partial charge >= 0.3 is 0 Å². The van der Waals surface area contributed by atoms with E-state index in [1.54, 1.807) is 23.5 Å². The van der Waals surface area contributed by atoms with Crippen LogP contribution in [0.3, 0.4) is 0 Å². The van der Waals surface area contributed by atoms with E-state index in [9.17, 15) is 0 Å². The van der Waals surface area contributed by atoms with Gasteiger partial charge in [-0.1, -0.05) is 13.0 Å². The van der Waals surface area contributed by atoms with Crippen LogP contribution in [0.5, 0.6) is 0 Å². The lowest BCUT2D eigenvalue weighted by Crippen LogP contribution is -1.86. The average Bonchev–Trinajstić information content (AvgIpc) is 2.25. The Morgan fingerprint density at radius 2 is 2.07 bits per heavy atom. The van der Waals surface area contributed by atoms with E-state index in [2.05, 4.69) is 13.0 Å². The fourth-order valence-corrected chi connectivity index (χ4v) is 2.66. The summed E-state index contributed by atoms with van der Waals surface area (Å²) in [6.07, 6.45) is 3.14. The van der Waals surface area contributed by atoms with E-state index in [0.717, 1.165) is 27.5 Å². The van der Waals surface area contributed by atoms with Crippen LogP contribution in [0.25, 0.3) is 0 Å². The highest BCUT2D eigenvalue weighted by molar-refractivity contribution is 7.99. The maximum Gasteiger partial charge on any atom is 0.101 e. The van der Waals surface area contributed by atoms with Gasteiger partial charge in [0.1, 0.15) is 6.07 Å². The Bertz CT molecular complexity index is 342. The van der Waals surface area contributed by atoms with E-state index in [0.29, 0.717) is 0 Å². The highest BCUT2D eigenvalue weighted by Gasteiger charge is 2.06. The molecule has 1 aromatic carbocycles. The predicted molar refractivity (Wildman–Crippen MR) is 64.0 cm³/mol. The molecule has 3 heteroatoms. The largest absolute Gasteiger partial charge is 0.192 e. The summed E-state index contributed by atoms with van der Waals surface area (Å²) < 4.78 is 0. The van der Waals surface area contributed by atoms with Crippen molar-refractivity contribution in [2.45, 2.75) is 23.1 Å². The van der Waals surface area contributed by atoms with Crippen molar-refractivity contribution in [1.29, 1.82) is 5.26 Å². The summed E-state index contributed by atoms with van der Waals surface area (Å²) in [5.41, 5.74) is 0.832. The summed E-state index contributed by atoms with van der Waals surface area (Å²) in [5.74, 6) is 1.08. The zero-order valence-electron chi connectivity index (χ0n) is 8.41. The molecule has 1 nitrogen and oxygen atoms in total. The molecule has 1 aromatic rings. The van der Waals surface area contributed by atoms with Gasteiger partial charge < -0.3 is 0 Å². The molecule has 0 aliphatic heterocycles. The predicted octanol–water partition coefficient (Wildman–Crippen LogP) is 3.78. The molecule has 0 aliphatic rings. The topological polar surface area (TPSA) is 23.8 Å². The van der Waals surface area contributed by atoms with E-state index >= 15 is 0 Å². The Labute approximate surface area is 93.9 Å². The molecule has 74 valence electrons. The van der Waals surface area contributed by atoms with Crippen molar-refractivity contribution >= 4 is 23.5 Å². The van der Waals surface area contributed by atoms with Gasteiger partial charge in [-0.05, 0) is 30.6 Å². The lowest BCUT2D eigenvalue weighted by atomic mass is 10.2. The third-order valence-corrected chi connectivity index (χ3v) is 3.83. The molecule has 14 heavy (non-hydrogen) atoms. The SMILES string of the molecule is CCCSc1cccc(SC)c1C#N. The van der Waals surface area contributed by atoms with Gasteiger partial charge in [-0.3, -0.25) is 0 Å². The average molecular weight is 223 g/mol. The zero-order chi connectivity index (χ0) is 10.4. The summed E-state index contributed by atoms with van der Waals surface area (Å²) in [5, 5.41) is 9.05. The molecule has 0 aliphatic carbocycles. The van der Waals surface area contributed by atoms with Crippen LogP contribution in [0.1, 0.15) is 18.9 Å². The summed E-state index contributed by atoms with van der Waals surface area (Å²) >= 11 is 3.40. The molecule has 0 saturated carbocycles. The summed E-state index contributed by atoms with van der Waals surface area (Å²) in [4.78, 5) is 2.19. The molecular weight excluding hydrogens is 210 g/mol. The van der Waals surface area contributed by atoms with Gasteiger partial charge in [0.15, 0.2) is 0 Å². The molecule has 0 bridgehead atoms. The minimum atomic E-state index is 0.832. The van der Waals surface area contributed by atoms with Gasteiger partial charge in [0.25, 0.3) is 0 Å². The van der Waals surface area contributed by atoms with E-state index in [-0.39, 0.29) is 0 Å². The highest BCUT2D eigenvalue weighted by atomic mass is 32.2. The fourth-order valence-electron chi connectivity index (χ4n) is 1.12. The molecule has 0 heterocycles. The first kappa shape index (κ1) is 11.5. The van der Waals surface area contributed by atoms with Crippen molar-refractivity contribution in [2.75, 3.05) is 12.0 Å². The van der Waals surface area contributed by atoms with Gasteiger partial charge in [0.05, 0.1) is 5.56 Å². The molecule has 0 fully saturated rings. The van der Waals surface area contributed by atoms with Crippen LogP contribution in [0.4, 0.5) is 0 Å². The first-order valence-corrected chi connectivity index (χ1v) is 6.74. The maximum absolute atomic E-state index is 9.05. The molecule has 0 N–H and O–H groups in total. The molecule has 0 saturated heterocycles. The first-order valence-electron chi connectivity index (χ1n) is 4.53. The fraction of sp³-hybridized carbons (Fsp3) is 0.364. The van der Waals surface area contributed by atoms with Gasteiger partial charge in [-0.15, -0.1) is 23.5 Å². The third kappa shape index (κ3) is 2.70. The van der Waals surface area contributed by atoms with Crippen LogP contribution in [0.15, 0.2) is 28.0 Å². The molecule has 1 rings (SSSR count). The number of benzene rings is 1. The van der Waals surface area contributed by atoms with Crippen molar-refractivity contribution < 1.29 is 0 Å². The van der Waals surface area contributed by atoms with Gasteiger partial charge in [0, 0.05) is 9.79 Å². The van der Waals surface area contributed by atoms with Gasteiger partial charge in [-0.2, -0.15) is 5.26 Å². The number of hydrogen-bond donors (Lipinski definition) is 0. The summed E-state index contributed by atoms with van der Waals surface area (Å²) in [7, 11) is 0. The number of thioether (sulfide) groups is 2. The van der Waals surface area contributed by atoms with Gasteiger partial charge in [-0.25, -0.2) is 0 Å². The summed E-state index contributed by atoms with van der Waals surface area (Å²) in [6, 6.07) is 8.33. The molecule has 0 amide bonds. The van der Waals surface area contributed by atoms with Gasteiger partial charge in [0.2, 0.25) is 0 Å². The Kier molecular flexibility index (Phi) is 4.92. The Hall–Kier alpha value is -0.590. The number of nitrogens with zero attached hydrogens (tertiary/aromatic N) is 1. The van der Waals surface area contributed by atoms with Crippen molar-refractivity contribution in [1.82, 2.24) is 0 Å². The number of rotatable bonds is 4. The lowest BCUT2D eigenvalue weighted by Gasteiger charge is -2.05. The second-order valence-electron chi connectivity index (χ2n) is 2.79. The molecular formula is C11H13NS2. The zero-order valence-corrected chi connectivity index (χ0v) is 10.0. The van der Waals surface area contributed by atoms with E-state index in [1.165, 1.54) is 0 Å². The van der Waals surface area contributed by atoms with Crippen LogP contribution in [-0.2, 0) is 0 Å². The smallest absolute Gasteiger partial charge is 0.101 e. The molecule has 0 radical (unpaired) electrons. The standard InChI is InChI=1S/C11H13NS2/c1-3-7-14-11-6-4-5-10(13-2)9(11)8-12/h4-6H,3,7H2,1-2H3. The van der Waals surface area contributed by atoms with Crippen LogP contribution < -0.4 is 0 Å². The van der Waals surface area contributed by atoms with E-state index in [4.69, 9.17) is 5.26 Å². The molecule has 0 spiro atoms. The first-order chi connectivity index (χ1) is 6.83. The second-order valence-corrected chi connectivity index (χ2v) is 4.78.